The standard InChI is InChI=1S/C60H66N8/c1-5-9-37-61-45-21-13-41(14-22-45)57-49-29-31-51(65-49)58(42-15-23-46(24-16-42)62-38-10-6-2)53-33-35-55(67-53)60(44-19-27-48(28-20-44)64-40-12-8-4)56-36-34-54(68-56)59(52-32-30-50(57)66-52)43-17-25-47(26-18-43)63-39-11-7-3/h13-36,61-66H,5-12,37-40H2,1-4H3. The van der Waals surface area contributed by atoms with Gasteiger partial charge in [0.15, 0.2) is 0 Å². The molecule has 7 aromatic rings. The first kappa shape index (κ1) is 45.8. The molecule has 346 valence electrons. The third-order valence-electron chi connectivity index (χ3n) is 12.9. The van der Waals surface area contributed by atoms with E-state index in [9.17, 15) is 0 Å². The lowest BCUT2D eigenvalue weighted by Gasteiger charge is -2.10. The van der Waals surface area contributed by atoms with Gasteiger partial charge in [0.2, 0.25) is 0 Å². The van der Waals surface area contributed by atoms with Crippen molar-refractivity contribution < 1.29 is 0 Å². The van der Waals surface area contributed by atoms with Crippen molar-refractivity contribution in [2.75, 3.05) is 47.4 Å². The zero-order valence-corrected chi connectivity index (χ0v) is 40.2. The molecule has 68 heavy (non-hydrogen) atoms. The maximum atomic E-state index is 5.54. The first-order chi connectivity index (χ1) is 33.5. The minimum Gasteiger partial charge on any atom is -0.385 e. The monoisotopic (exact) mass is 899 g/mol. The number of H-pyrrole nitrogens is 2. The average Bonchev–Trinajstić information content (AvgIpc) is 4.23. The molecule has 0 unspecified atom stereocenters. The number of aromatic amines is 2. The maximum absolute atomic E-state index is 5.54. The fraction of sp³-hybridized carbons (Fsp3) is 0.267. The molecular formula is C60H66N8. The highest BCUT2D eigenvalue weighted by Gasteiger charge is 2.20. The highest BCUT2D eigenvalue weighted by atomic mass is 14.9. The van der Waals surface area contributed by atoms with Crippen LogP contribution in [0.25, 0.3) is 90.9 Å². The highest BCUT2D eigenvalue weighted by Crippen LogP contribution is 2.39. The van der Waals surface area contributed by atoms with Gasteiger partial charge in [0, 0.05) is 93.2 Å². The van der Waals surface area contributed by atoms with Gasteiger partial charge in [-0.3, -0.25) is 0 Å². The van der Waals surface area contributed by atoms with Crippen molar-refractivity contribution in [3.8, 4) is 44.5 Å². The third kappa shape index (κ3) is 10.5. The van der Waals surface area contributed by atoms with Crippen LogP contribution in [0.4, 0.5) is 22.7 Å². The van der Waals surface area contributed by atoms with Crippen molar-refractivity contribution in [1.82, 2.24) is 19.9 Å². The minimum atomic E-state index is 0.872. The molecule has 0 aliphatic carbocycles. The molecular weight excluding hydrogens is 833 g/mol. The summed E-state index contributed by atoms with van der Waals surface area (Å²) < 4.78 is 0. The number of fused-ring (bicyclic) bond motifs is 8. The van der Waals surface area contributed by atoms with Gasteiger partial charge in [-0.25, -0.2) is 9.97 Å². The number of nitrogens with one attached hydrogen (secondary N) is 6. The normalized spacial score (nSPS) is 11.8. The number of rotatable bonds is 20. The van der Waals surface area contributed by atoms with E-state index >= 15 is 0 Å². The van der Waals surface area contributed by atoms with Crippen LogP contribution in [0.1, 0.15) is 102 Å². The number of hydrogen-bond acceptors (Lipinski definition) is 6. The molecule has 0 saturated carbocycles. The van der Waals surface area contributed by atoms with Crippen LogP contribution in [0.3, 0.4) is 0 Å². The van der Waals surface area contributed by atoms with Crippen molar-refractivity contribution in [2.45, 2.75) is 79.1 Å². The highest BCUT2D eigenvalue weighted by molar-refractivity contribution is 6.00. The van der Waals surface area contributed by atoms with Gasteiger partial charge in [0.25, 0.3) is 0 Å². The molecule has 0 spiro atoms. The summed E-state index contributed by atoms with van der Waals surface area (Å²) in [4.78, 5) is 18.9. The van der Waals surface area contributed by atoms with Crippen LogP contribution in [0, 0.1) is 0 Å². The number of anilines is 4. The van der Waals surface area contributed by atoms with E-state index in [1.807, 2.05) is 0 Å². The van der Waals surface area contributed by atoms with Crippen molar-refractivity contribution in [3.63, 3.8) is 0 Å². The van der Waals surface area contributed by atoms with Gasteiger partial charge in [-0.1, -0.05) is 102 Å². The summed E-state index contributed by atoms with van der Waals surface area (Å²) >= 11 is 0. The van der Waals surface area contributed by atoms with Crippen molar-refractivity contribution in [3.05, 3.63) is 144 Å². The molecule has 0 radical (unpaired) electrons. The number of aromatic nitrogens is 4. The maximum Gasteiger partial charge on any atom is 0.0738 e. The van der Waals surface area contributed by atoms with Crippen LogP contribution in [0.5, 0.6) is 0 Å². The molecule has 8 bridgehead atoms. The Labute approximate surface area is 402 Å². The van der Waals surface area contributed by atoms with Gasteiger partial charge in [0.1, 0.15) is 0 Å². The molecule has 4 aromatic carbocycles. The van der Waals surface area contributed by atoms with E-state index in [0.717, 1.165) is 190 Å². The SMILES string of the molecule is CCCCNc1ccc(-c2c3nc(c(-c4ccc(NCCCC)cc4)c4ccc([nH]4)c(-c4ccc(NCCCC)cc4)c4ccc([nH]4)c(-c4ccc(NCCCC)cc4)c4nc2C=C4)C=C3)cc1. The molecule has 8 heteroatoms. The summed E-state index contributed by atoms with van der Waals surface area (Å²) in [6, 6.07) is 44.1. The van der Waals surface area contributed by atoms with Crippen molar-refractivity contribution in [2.24, 2.45) is 0 Å². The third-order valence-corrected chi connectivity index (χ3v) is 12.9. The van der Waals surface area contributed by atoms with Crippen molar-refractivity contribution in [1.29, 1.82) is 0 Å². The van der Waals surface area contributed by atoms with Gasteiger partial charge < -0.3 is 31.2 Å². The number of unbranched alkanes of at least 4 members (excludes halogenated alkanes) is 4. The summed E-state index contributed by atoms with van der Waals surface area (Å²) in [5.41, 5.74) is 20.4. The van der Waals surface area contributed by atoms with Crippen LogP contribution in [0.2, 0.25) is 0 Å². The topological polar surface area (TPSA) is 105 Å². The predicted molar refractivity (Wildman–Crippen MR) is 294 cm³/mol. The average molecular weight is 899 g/mol. The lowest BCUT2D eigenvalue weighted by atomic mass is 10.0. The molecule has 9 rings (SSSR count). The second-order valence-corrected chi connectivity index (χ2v) is 17.9. The van der Waals surface area contributed by atoms with Crippen LogP contribution in [-0.2, 0) is 0 Å². The van der Waals surface area contributed by atoms with Gasteiger partial charge >= 0.3 is 0 Å². The van der Waals surface area contributed by atoms with E-state index in [1.165, 1.54) is 0 Å². The molecule has 2 aliphatic rings. The first-order valence-corrected chi connectivity index (χ1v) is 25.1. The Morgan fingerprint density at radius 2 is 0.559 bits per heavy atom. The molecule has 0 fully saturated rings. The van der Waals surface area contributed by atoms with Crippen LogP contribution >= 0.6 is 0 Å². The van der Waals surface area contributed by atoms with E-state index < -0.39 is 0 Å². The summed E-state index contributed by atoms with van der Waals surface area (Å²) in [6.07, 6.45) is 17.8. The van der Waals surface area contributed by atoms with E-state index in [2.05, 4.69) is 205 Å². The second kappa shape index (κ2) is 22.0. The molecule has 0 saturated heterocycles. The Balaban J connectivity index is 1.31. The zero-order chi connectivity index (χ0) is 46.7. The number of nitrogens with zero attached hydrogens (tertiary/aromatic N) is 2. The van der Waals surface area contributed by atoms with Gasteiger partial charge in [-0.05, 0) is 145 Å². The van der Waals surface area contributed by atoms with Crippen LogP contribution in [-0.4, -0.2) is 46.1 Å². The fourth-order valence-electron chi connectivity index (χ4n) is 9.08. The first-order valence-electron chi connectivity index (χ1n) is 25.1. The van der Waals surface area contributed by atoms with E-state index in [4.69, 9.17) is 9.97 Å². The summed E-state index contributed by atoms with van der Waals surface area (Å²) in [5.74, 6) is 0. The van der Waals surface area contributed by atoms with Gasteiger partial charge in [-0.15, -0.1) is 0 Å². The Bertz CT molecular complexity index is 2870. The van der Waals surface area contributed by atoms with E-state index in [-0.39, 0.29) is 0 Å². The predicted octanol–water partition coefficient (Wildman–Crippen LogP) is 16.2. The van der Waals surface area contributed by atoms with Crippen LogP contribution < -0.4 is 21.3 Å². The minimum absolute atomic E-state index is 0.872. The molecule has 5 heterocycles. The van der Waals surface area contributed by atoms with Crippen LogP contribution in [0.15, 0.2) is 121 Å². The lowest BCUT2D eigenvalue weighted by molar-refractivity contribution is 0.834. The smallest absolute Gasteiger partial charge is 0.0738 e. The fourth-order valence-corrected chi connectivity index (χ4v) is 9.08. The lowest BCUT2D eigenvalue weighted by Crippen LogP contribution is -2.00. The Kier molecular flexibility index (Phi) is 14.8. The van der Waals surface area contributed by atoms with E-state index in [1.54, 1.807) is 0 Å². The Hall–Kier alpha value is -7.32. The number of hydrogen-bond donors (Lipinski definition) is 6. The molecule has 2 aliphatic heterocycles. The summed E-state index contributed by atoms with van der Waals surface area (Å²) in [6.45, 7) is 12.7. The molecule has 0 atom stereocenters. The number of benzene rings is 4. The quantitative estimate of drug-likeness (QED) is 0.0426. The zero-order valence-electron chi connectivity index (χ0n) is 40.2. The molecule has 0 amide bonds. The van der Waals surface area contributed by atoms with E-state index in [0.29, 0.717) is 0 Å². The van der Waals surface area contributed by atoms with Gasteiger partial charge in [0.05, 0.1) is 22.8 Å². The van der Waals surface area contributed by atoms with Crippen molar-refractivity contribution >= 4 is 69.1 Å². The summed E-state index contributed by atoms with van der Waals surface area (Å²) in [5, 5.41) is 14.4. The summed E-state index contributed by atoms with van der Waals surface area (Å²) in [7, 11) is 0. The largest absolute Gasteiger partial charge is 0.385 e. The Morgan fingerprint density at radius 3 is 0.853 bits per heavy atom. The van der Waals surface area contributed by atoms with Gasteiger partial charge in [-0.2, -0.15) is 0 Å². The molecule has 6 N–H and O–H groups in total. The second-order valence-electron chi connectivity index (χ2n) is 17.9. The molecule has 8 nitrogen and oxygen atoms in total. The molecule has 3 aromatic heterocycles. The Morgan fingerprint density at radius 1 is 0.309 bits per heavy atom.